The van der Waals surface area contributed by atoms with E-state index in [2.05, 4.69) is 58.1 Å². The summed E-state index contributed by atoms with van der Waals surface area (Å²) in [5, 5.41) is 3.85. The fraction of sp³-hybridized carbons (Fsp3) is 0.684. The molecule has 0 radical (unpaired) electrons. The highest BCUT2D eigenvalue weighted by molar-refractivity contribution is 5.34. The second-order valence-electron chi connectivity index (χ2n) is 7.28. The SMILES string of the molecule is CCCNC(c1cc(C)ccc1C)C1CCCC1(C)C. The standard InChI is InChI=1S/C19H31N/c1-6-12-20-18(17-8-7-11-19(17,4)5)16-13-14(2)9-10-15(16)3/h9-10,13,17-18,20H,6-8,11-12H2,1-5H3. The predicted octanol–water partition coefficient (Wildman–Crippen LogP) is 5.17. The first-order valence-corrected chi connectivity index (χ1v) is 8.26. The Bertz CT molecular complexity index is 447. The van der Waals surface area contributed by atoms with Gasteiger partial charge in [0.15, 0.2) is 0 Å². The number of rotatable bonds is 5. The predicted molar refractivity (Wildman–Crippen MR) is 88.1 cm³/mol. The van der Waals surface area contributed by atoms with Crippen molar-refractivity contribution in [2.45, 2.75) is 66.3 Å². The van der Waals surface area contributed by atoms with E-state index in [1.807, 2.05) is 0 Å². The van der Waals surface area contributed by atoms with E-state index in [1.165, 1.54) is 42.4 Å². The fourth-order valence-electron chi connectivity index (χ4n) is 3.84. The Morgan fingerprint density at radius 1 is 1.30 bits per heavy atom. The van der Waals surface area contributed by atoms with Gasteiger partial charge in [0.1, 0.15) is 0 Å². The van der Waals surface area contributed by atoms with Gasteiger partial charge in [0.2, 0.25) is 0 Å². The number of nitrogens with one attached hydrogen (secondary N) is 1. The van der Waals surface area contributed by atoms with Crippen molar-refractivity contribution in [2.75, 3.05) is 6.54 Å². The highest BCUT2D eigenvalue weighted by Gasteiger charge is 2.40. The van der Waals surface area contributed by atoms with Gasteiger partial charge in [-0.1, -0.05) is 51.0 Å². The van der Waals surface area contributed by atoms with Crippen LogP contribution in [0.4, 0.5) is 0 Å². The van der Waals surface area contributed by atoms with Gasteiger partial charge in [0.25, 0.3) is 0 Å². The number of hydrogen-bond donors (Lipinski definition) is 1. The molecule has 0 saturated heterocycles. The molecule has 1 aromatic carbocycles. The van der Waals surface area contributed by atoms with Crippen LogP contribution in [-0.4, -0.2) is 6.54 Å². The molecule has 2 unspecified atom stereocenters. The van der Waals surface area contributed by atoms with Crippen molar-refractivity contribution in [3.8, 4) is 0 Å². The number of hydrogen-bond acceptors (Lipinski definition) is 1. The van der Waals surface area contributed by atoms with E-state index in [0.717, 1.165) is 12.5 Å². The average Bonchev–Trinajstić information content (AvgIpc) is 2.74. The lowest BCUT2D eigenvalue weighted by Crippen LogP contribution is -2.34. The molecule has 2 rings (SSSR count). The largest absolute Gasteiger partial charge is 0.310 e. The highest BCUT2D eigenvalue weighted by atomic mass is 14.9. The Morgan fingerprint density at radius 3 is 2.65 bits per heavy atom. The molecular weight excluding hydrogens is 242 g/mol. The van der Waals surface area contributed by atoms with Crippen LogP contribution >= 0.6 is 0 Å². The normalized spacial score (nSPS) is 22.9. The van der Waals surface area contributed by atoms with Crippen molar-refractivity contribution in [2.24, 2.45) is 11.3 Å². The lowest BCUT2D eigenvalue weighted by atomic mass is 9.74. The third-order valence-electron chi connectivity index (χ3n) is 5.13. The minimum atomic E-state index is 0.460. The molecule has 1 aromatic rings. The van der Waals surface area contributed by atoms with Gasteiger partial charge in [0, 0.05) is 6.04 Å². The molecule has 1 saturated carbocycles. The first-order valence-electron chi connectivity index (χ1n) is 8.26. The molecule has 0 bridgehead atoms. The third kappa shape index (κ3) is 3.25. The van der Waals surface area contributed by atoms with Crippen LogP contribution in [0.15, 0.2) is 18.2 Å². The average molecular weight is 273 g/mol. The molecule has 1 aliphatic rings. The molecule has 20 heavy (non-hydrogen) atoms. The molecule has 1 fully saturated rings. The zero-order chi connectivity index (χ0) is 14.8. The fourth-order valence-corrected chi connectivity index (χ4v) is 3.84. The maximum atomic E-state index is 3.85. The second-order valence-corrected chi connectivity index (χ2v) is 7.28. The van der Waals surface area contributed by atoms with E-state index in [1.54, 1.807) is 0 Å². The van der Waals surface area contributed by atoms with E-state index in [4.69, 9.17) is 0 Å². The van der Waals surface area contributed by atoms with Gasteiger partial charge in [-0.3, -0.25) is 0 Å². The van der Waals surface area contributed by atoms with E-state index in [9.17, 15) is 0 Å². The van der Waals surface area contributed by atoms with E-state index >= 15 is 0 Å². The van der Waals surface area contributed by atoms with Crippen molar-refractivity contribution in [3.63, 3.8) is 0 Å². The molecule has 1 heteroatoms. The first kappa shape index (κ1) is 15.6. The van der Waals surface area contributed by atoms with Crippen molar-refractivity contribution >= 4 is 0 Å². The van der Waals surface area contributed by atoms with Crippen LogP contribution in [-0.2, 0) is 0 Å². The van der Waals surface area contributed by atoms with Crippen molar-refractivity contribution < 1.29 is 0 Å². The molecule has 0 aliphatic heterocycles. The maximum Gasteiger partial charge on any atom is 0.0356 e. The molecule has 1 aliphatic carbocycles. The zero-order valence-corrected chi connectivity index (χ0v) is 13.9. The Kier molecular flexibility index (Phi) is 4.90. The van der Waals surface area contributed by atoms with Gasteiger partial charge < -0.3 is 5.32 Å². The molecule has 2 atom stereocenters. The summed E-state index contributed by atoms with van der Waals surface area (Å²) in [6.07, 6.45) is 5.32. The Hall–Kier alpha value is -0.820. The summed E-state index contributed by atoms with van der Waals surface area (Å²) in [6.45, 7) is 12.8. The Balaban J connectivity index is 2.34. The van der Waals surface area contributed by atoms with Crippen LogP contribution in [0.1, 0.15) is 69.2 Å². The number of benzene rings is 1. The Labute approximate surface area is 125 Å². The van der Waals surface area contributed by atoms with Gasteiger partial charge in [-0.15, -0.1) is 0 Å². The minimum Gasteiger partial charge on any atom is -0.310 e. The monoisotopic (exact) mass is 273 g/mol. The molecule has 0 heterocycles. The van der Waals surface area contributed by atoms with Gasteiger partial charge in [0.05, 0.1) is 0 Å². The van der Waals surface area contributed by atoms with Gasteiger partial charge >= 0.3 is 0 Å². The molecular formula is C19H31N. The Morgan fingerprint density at radius 2 is 2.05 bits per heavy atom. The molecule has 112 valence electrons. The van der Waals surface area contributed by atoms with Crippen LogP contribution in [0.2, 0.25) is 0 Å². The molecule has 0 spiro atoms. The summed E-state index contributed by atoms with van der Waals surface area (Å²) in [7, 11) is 0. The zero-order valence-electron chi connectivity index (χ0n) is 13.9. The lowest BCUT2D eigenvalue weighted by Gasteiger charge is -2.36. The summed E-state index contributed by atoms with van der Waals surface area (Å²) >= 11 is 0. The smallest absolute Gasteiger partial charge is 0.0356 e. The molecule has 1 nitrogen and oxygen atoms in total. The summed E-state index contributed by atoms with van der Waals surface area (Å²) in [5.41, 5.74) is 4.80. The molecule has 0 aromatic heterocycles. The van der Waals surface area contributed by atoms with Crippen LogP contribution in [0, 0.1) is 25.2 Å². The topological polar surface area (TPSA) is 12.0 Å². The van der Waals surface area contributed by atoms with Gasteiger partial charge in [-0.25, -0.2) is 0 Å². The summed E-state index contributed by atoms with van der Waals surface area (Å²) in [4.78, 5) is 0. The quantitative estimate of drug-likeness (QED) is 0.780. The van der Waals surface area contributed by atoms with E-state index in [-0.39, 0.29) is 0 Å². The van der Waals surface area contributed by atoms with Crippen molar-refractivity contribution in [1.82, 2.24) is 5.32 Å². The maximum absolute atomic E-state index is 3.85. The number of aryl methyl sites for hydroxylation is 2. The van der Waals surface area contributed by atoms with Gasteiger partial charge in [-0.05, 0) is 62.1 Å². The highest BCUT2D eigenvalue weighted by Crippen LogP contribution is 2.49. The van der Waals surface area contributed by atoms with Crippen LogP contribution < -0.4 is 5.32 Å². The summed E-state index contributed by atoms with van der Waals surface area (Å²) in [6, 6.07) is 7.44. The molecule has 1 N–H and O–H groups in total. The van der Waals surface area contributed by atoms with Crippen molar-refractivity contribution in [3.05, 3.63) is 34.9 Å². The third-order valence-corrected chi connectivity index (χ3v) is 5.13. The van der Waals surface area contributed by atoms with Gasteiger partial charge in [-0.2, -0.15) is 0 Å². The molecule has 0 amide bonds. The first-order chi connectivity index (χ1) is 9.45. The van der Waals surface area contributed by atoms with Crippen molar-refractivity contribution in [1.29, 1.82) is 0 Å². The second kappa shape index (κ2) is 6.30. The van der Waals surface area contributed by atoms with E-state index < -0.39 is 0 Å². The lowest BCUT2D eigenvalue weighted by molar-refractivity contribution is 0.197. The summed E-state index contributed by atoms with van der Waals surface area (Å²) in [5.74, 6) is 0.759. The summed E-state index contributed by atoms with van der Waals surface area (Å²) < 4.78 is 0. The van der Waals surface area contributed by atoms with Crippen LogP contribution in [0.25, 0.3) is 0 Å². The minimum absolute atomic E-state index is 0.460. The van der Waals surface area contributed by atoms with Crippen LogP contribution in [0.3, 0.4) is 0 Å². The van der Waals surface area contributed by atoms with Crippen LogP contribution in [0.5, 0.6) is 0 Å². The van der Waals surface area contributed by atoms with E-state index in [0.29, 0.717) is 11.5 Å².